The Balaban J connectivity index is 1.30. The second-order valence-corrected chi connectivity index (χ2v) is 7.11. The second-order valence-electron chi connectivity index (χ2n) is 7.11. The minimum absolute atomic E-state index is 0.674. The van der Waals surface area contributed by atoms with Crippen LogP contribution in [0.15, 0.2) is 24.4 Å². The Morgan fingerprint density at radius 2 is 1.86 bits per heavy atom. The highest BCUT2D eigenvalue weighted by Gasteiger charge is 2.20. The van der Waals surface area contributed by atoms with Gasteiger partial charge >= 0.3 is 0 Å². The van der Waals surface area contributed by atoms with Crippen LogP contribution in [0.25, 0.3) is 0 Å². The van der Waals surface area contributed by atoms with Crippen molar-refractivity contribution in [2.24, 2.45) is 5.92 Å². The highest BCUT2D eigenvalue weighted by Crippen LogP contribution is 2.26. The first-order valence-corrected chi connectivity index (χ1v) is 9.26. The summed E-state index contributed by atoms with van der Waals surface area (Å²) in [7, 11) is 0. The van der Waals surface area contributed by atoms with Crippen molar-refractivity contribution in [2.45, 2.75) is 64.0 Å². The van der Waals surface area contributed by atoms with Crippen LogP contribution in [-0.2, 0) is 6.54 Å². The Morgan fingerprint density at radius 1 is 1.05 bits per heavy atom. The van der Waals surface area contributed by atoms with Crippen LogP contribution in [0.3, 0.4) is 0 Å². The number of piperidine rings is 1. The van der Waals surface area contributed by atoms with E-state index in [1.54, 1.807) is 0 Å². The standard InChI is InChI=1S/C19H31N3/c1-2-6-17(7-3-1)9-13-22-14-10-18(11-15-22)21-16-19-8-4-5-12-20-19/h4-5,8,12,17-18,21H,1-3,6-7,9-11,13-16H2. The Morgan fingerprint density at radius 3 is 2.59 bits per heavy atom. The minimum atomic E-state index is 0.674. The van der Waals surface area contributed by atoms with E-state index in [1.807, 2.05) is 12.3 Å². The molecule has 0 aromatic carbocycles. The minimum Gasteiger partial charge on any atom is -0.308 e. The van der Waals surface area contributed by atoms with E-state index in [2.05, 4.69) is 27.3 Å². The maximum Gasteiger partial charge on any atom is 0.0541 e. The summed E-state index contributed by atoms with van der Waals surface area (Å²) in [5.41, 5.74) is 1.15. The van der Waals surface area contributed by atoms with Gasteiger partial charge in [0.15, 0.2) is 0 Å². The van der Waals surface area contributed by atoms with Crippen molar-refractivity contribution in [2.75, 3.05) is 19.6 Å². The topological polar surface area (TPSA) is 28.2 Å². The zero-order valence-electron chi connectivity index (χ0n) is 13.8. The summed E-state index contributed by atoms with van der Waals surface area (Å²) in [4.78, 5) is 7.07. The SMILES string of the molecule is c1ccc(CNC2CCN(CCC3CCCCC3)CC2)nc1. The monoisotopic (exact) mass is 301 g/mol. The summed E-state index contributed by atoms with van der Waals surface area (Å²) in [6, 6.07) is 6.83. The molecule has 1 aliphatic heterocycles. The van der Waals surface area contributed by atoms with Crippen molar-refractivity contribution < 1.29 is 0 Å². The molecule has 0 bridgehead atoms. The number of pyridine rings is 1. The van der Waals surface area contributed by atoms with Crippen molar-refractivity contribution in [1.82, 2.24) is 15.2 Å². The molecule has 0 radical (unpaired) electrons. The molecule has 1 aromatic rings. The van der Waals surface area contributed by atoms with Crippen molar-refractivity contribution in [3.63, 3.8) is 0 Å². The van der Waals surface area contributed by atoms with Gasteiger partial charge in [0.05, 0.1) is 5.69 Å². The molecule has 1 aromatic heterocycles. The lowest BCUT2D eigenvalue weighted by molar-refractivity contribution is 0.178. The molecule has 1 N–H and O–H groups in total. The molecule has 2 aliphatic rings. The molecule has 0 atom stereocenters. The molecule has 2 fully saturated rings. The molecule has 1 saturated heterocycles. The van der Waals surface area contributed by atoms with Gasteiger partial charge in [0, 0.05) is 18.8 Å². The summed E-state index contributed by atoms with van der Waals surface area (Å²) >= 11 is 0. The Hall–Kier alpha value is -0.930. The number of aromatic nitrogens is 1. The van der Waals surface area contributed by atoms with E-state index in [9.17, 15) is 0 Å². The predicted molar refractivity (Wildman–Crippen MR) is 91.7 cm³/mol. The van der Waals surface area contributed by atoms with E-state index < -0.39 is 0 Å². The second kappa shape index (κ2) is 8.64. The number of nitrogens with one attached hydrogen (secondary N) is 1. The Kier molecular flexibility index (Phi) is 6.26. The van der Waals surface area contributed by atoms with E-state index in [-0.39, 0.29) is 0 Å². The van der Waals surface area contributed by atoms with Gasteiger partial charge in [-0.15, -0.1) is 0 Å². The van der Waals surface area contributed by atoms with E-state index in [0.29, 0.717) is 6.04 Å². The molecule has 22 heavy (non-hydrogen) atoms. The average Bonchev–Trinajstić information content (AvgIpc) is 2.61. The highest BCUT2D eigenvalue weighted by atomic mass is 15.1. The summed E-state index contributed by atoms with van der Waals surface area (Å²) in [6.45, 7) is 4.78. The third kappa shape index (κ3) is 5.06. The first-order valence-electron chi connectivity index (χ1n) is 9.26. The van der Waals surface area contributed by atoms with Crippen LogP contribution in [0.4, 0.5) is 0 Å². The third-order valence-electron chi connectivity index (χ3n) is 5.46. The van der Waals surface area contributed by atoms with Gasteiger partial charge in [-0.3, -0.25) is 4.98 Å². The number of hydrogen-bond donors (Lipinski definition) is 1. The van der Waals surface area contributed by atoms with E-state index in [0.717, 1.165) is 18.2 Å². The van der Waals surface area contributed by atoms with Crippen LogP contribution in [-0.4, -0.2) is 35.6 Å². The number of hydrogen-bond acceptors (Lipinski definition) is 3. The molecule has 0 spiro atoms. The summed E-state index contributed by atoms with van der Waals surface area (Å²) in [6.07, 6.45) is 13.3. The van der Waals surface area contributed by atoms with Crippen LogP contribution in [0.1, 0.15) is 57.1 Å². The fourth-order valence-corrected chi connectivity index (χ4v) is 3.95. The van der Waals surface area contributed by atoms with Gasteiger partial charge in [0.1, 0.15) is 0 Å². The van der Waals surface area contributed by atoms with Gasteiger partial charge in [0.2, 0.25) is 0 Å². The molecular weight excluding hydrogens is 270 g/mol. The maximum absolute atomic E-state index is 4.39. The number of nitrogens with zero attached hydrogens (tertiary/aromatic N) is 2. The Bertz CT molecular complexity index is 406. The molecule has 1 saturated carbocycles. The molecule has 2 heterocycles. The summed E-state index contributed by atoms with van der Waals surface area (Å²) in [5.74, 6) is 1.02. The molecule has 0 unspecified atom stereocenters. The van der Waals surface area contributed by atoms with Gasteiger partial charge in [-0.25, -0.2) is 0 Å². The van der Waals surface area contributed by atoms with Gasteiger partial charge in [0.25, 0.3) is 0 Å². The summed E-state index contributed by atoms with van der Waals surface area (Å²) < 4.78 is 0. The van der Waals surface area contributed by atoms with Crippen molar-refractivity contribution in [3.05, 3.63) is 30.1 Å². The van der Waals surface area contributed by atoms with E-state index in [4.69, 9.17) is 0 Å². The van der Waals surface area contributed by atoms with Crippen LogP contribution in [0.2, 0.25) is 0 Å². The normalized spacial score (nSPS) is 22.0. The first-order chi connectivity index (χ1) is 10.9. The molecule has 0 amide bonds. The number of rotatable bonds is 6. The molecular formula is C19H31N3. The smallest absolute Gasteiger partial charge is 0.0541 e. The predicted octanol–water partition coefficient (Wildman–Crippen LogP) is 3.61. The highest BCUT2D eigenvalue weighted by molar-refractivity contribution is 5.03. The van der Waals surface area contributed by atoms with Crippen molar-refractivity contribution in [1.29, 1.82) is 0 Å². The van der Waals surface area contributed by atoms with Crippen molar-refractivity contribution >= 4 is 0 Å². The molecule has 3 rings (SSSR count). The fraction of sp³-hybridized carbons (Fsp3) is 0.737. The first kappa shape index (κ1) is 15.9. The quantitative estimate of drug-likeness (QED) is 0.870. The van der Waals surface area contributed by atoms with E-state index in [1.165, 1.54) is 71.0 Å². The zero-order chi connectivity index (χ0) is 15.0. The van der Waals surface area contributed by atoms with Gasteiger partial charge in [-0.05, 0) is 56.9 Å². The van der Waals surface area contributed by atoms with Gasteiger partial charge < -0.3 is 10.2 Å². The zero-order valence-corrected chi connectivity index (χ0v) is 13.8. The summed E-state index contributed by atoms with van der Waals surface area (Å²) in [5, 5.41) is 3.67. The van der Waals surface area contributed by atoms with E-state index >= 15 is 0 Å². The Labute approximate surface area is 135 Å². The number of likely N-dealkylation sites (tertiary alicyclic amines) is 1. The molecule has 122 valence electrons. The lowest BCUT2D eigenvalue weighted by Crippen LogP contribution is -2.42. The maximum atomic E-state index is 4.39. The van der Waals surface area contributed by atoms with Gasteiger partial charge in [-0.1, -0.05) is 38.2 Å². The largest absolute Gasteiger partial charge is 0.308 e. The lowest BCUT2D eigenvalue weighted by Gasteiger charge is -2.33. The van der Waals surface area contributed by atoms with Crippen LogP contribution < -0.4 is 5.32 Å². The molecule has 3 heteroatoms. The molecule has 1 aliphatic carbocycles. The lowest BCUT2D eigenvalue weighted by atomic mass is 9.87. The van der Waals surface area contributed by atoms with Crippen LogP contribution in [0.5, 0.6) is 0 Å². The average molecular weight is 301 g/mol. The third-order valence-corrected chi connectivity index (χ3v) is 5.46. The van der Waals surface area contributed by atoms with Crippen LogP contribution in [0, 0.1) is 5.92 Å². The van der Waals surface area contributed by atoms with Gasteiger partial charge in [-0.2, -0.15) is 0 Å². The van der Waals surface area contributed by atoms with Crippen molar-refractivity contribution in [3.8, 4) is 0 Å². The fourth-order valence-electron chi connectivity index (χ4n) is 3.95. The van der Waals surface area contributed by atoms with Crippen LogP contribution >= 0.6 is 0 Å². The molecule has 3 nitrogen and oxygen atoms in total.